The number of primary sulfonamides is 1. The van der Waals surface area contributed by atoms with Crippen molar-refractivity contribution in [2.75, 3.05) is 5.32 Å². The molecule has 2 aromatic heterocycles. The van der Waals surface area contributed by atoms with Crippen molar-refractivity contribution in [3.63, 3.8) is 0 Å². The van der Waals surface area contributed by atoms with Crippen molar-refractivity contribution < 1.29 is 13.2 Å². The molecule has 1 aliphatic carbocycles. The van der Waals surface area contributed by atoms with E-state index >= 15 is 0 Å². The minimum Gasteiger partial charge on any atom is -0.325 e. The summed E-state index contributed by atoms with van der Waals surface area (Å²) in [5.41, 5.74) is 1.36. The molecule has 8 nitrogen and oxygen atoms in total. The second-order valence-corrected chi connectivity index (χ2v) is 11.1. The molecule has 1 aliphatic rings. The van der Waals surface area contributed by atoms with Gasteiger partial charge in [-0.3, -0.25) is 14.2 Å². The number of amides is 1. The summed E-state index contributed by atoms with van der Waals surface area (Å²) in [5.74, 6) is -0.338. The Morgan fingerprint density at radius 1 is 1.37 bits per heavy atom. The number of sulfonamides is 1. The quantitative estimate of drug-likeness (QED) is 0.441. The molecule has 4 rings (SSSR count). The minimum absolute atomic E-state index is 0.0825. The number of hydrogen-bond donors (Lipinski definition) is 2. The van der Waals surface area contributed by atoms with Crippen LogP contribution in [0.15, 0.2) is 39.1 Å². The molecule has 3 aromatic rings. The maximum atomic E-state index is 12.9. The van der Waals surface area contributed by atoms with E-state index in [1.807, 2.05) is 0 Å². The standard InChI is InChI=1S/C19H20N4O4S3/c1-10(16(24)21-11-5-3-6-12(9-11)30(20,26)27)28-19-22-17-15(18(25)23(19)2)13-7-4-8-14(13)29-17/h3,5-6,9-10H,4,7-8H2,1-2H3,(H,21,24)(H2,20,26,27). The number of hydrogen-bond acceptors (Lipinski definition) is 7. The molecular weight excluding hydrogens is 444 g/mol. The summed E-state index contributed by atoms with van der Waals surface area (Å²) >= 11 is 2.74. The molecule has 0 fully saturated rings. The lowest BCUT2D eigenvalue weighted by Crippen LogP contribution is -2.25. The maximum absolute atomic E-state index is 12.9. The number of nitrogens with zero attached hydrogens (tertiary/aromatic N) is 2. The van der Waals surface area contributed by atoms with Gasteiger partial charge in [0.15, 0.2) is 5.16 Å². The van der Waals surface area contributed by atoms with Crippen molar-refractivity contribution in [1.82, 2.24) is 9.55 Å². The third-order valence-corrected chi connectivity index (χ3v) is 8.23. The number of nitrogens with two attached hydrogens (primary N) is 1. The van der Waals surface area contributed by atoms with Gasteiger partial charge in [0, 0.05) is 17.6 Å². The van der Waals surface area contributed by atoms with Gasteiger partial charge in [-0.15, -0.1) is 11.3 Å². The van der Waals surface area contributed by atoms with Crippen molar-refractivity contribution >= 4 is 54.9 Å². The molecule has 1 amide bonds. The number of aromatic nitrogens is 2. The number of anilines is 1. The summed E-state index contributed by atoms with van der Waals surface area (Å²) in [4.78, 5) is 32.0. The number of aryl methyl sites for hydroxylation is 2. The Balaban J connectivity index is 1.56. The van der Waals surface area contributed by atoms with Crippen molar-refractivity contribution in [1.29, 1.82) is 0 Å². The molecule has 0 saturated carbocycles. The van der Waals surface area contributed by atoms with Crippen LogP contribution in [0.5, 0.6) is 0 Å². The zero-order chi connectivity index (χ0) is 21.6. The first kappa shape index (κ1) is 21.0. The highest BCUT2D eigenvalue weighted by atomic mass is 32.2. The van der Waals surface area contributed by atoms with Crippen LogP contribution < -0.4 is 16.0 Å². The van der Waals surface area contributed by atoms with Crippen LogP contribution in [0.3, 0.4) is 0 Å². The summed E-state index contributed by atoms with van der Waals surface area (Å²) in [6.45, 7) is 1.70. The number of carbonyl (C=O) groups is 1. The molecule has 1 aromatic carbocycles. The Bertz CT molecular complexity index is 1330. The second-order valence-electron chi connectivity index (χ2n) is 7.12. The predicted molar refractivity (Wildman–Crippen MR) is 119 cm³/mol. The predicted octanol–water partition coefficient (Wildman–Crippen LogP) is 2.25. The monoisotopic (exact) mass is 464 g/mol. The number of nitrogens with one attached hydrogen (secondary N) is 1. The SMILES string of the molecule is CC(Sc1nc2sc3c(c2c(=O)n1C)CCC3)C(=O)Nc1cccc(S(N)(=O)=O)c1. The van der Waals surface area contributed by atoms with E-state index in [1.165, 1.54) is 39.4 Å². The normalized spacial score (nSPS) is 14.6. The van der Waals surface area contributed by atoms with Crippen LogP contribution >= 0.6 is 23.1 Å². The largest absolute Gasteiger partial charge is 0.325 e. The van der Waals surface area contributed by atoms with Crippen LogP contribution in [-0.4, -0.2) is 29.1 Å². The molecule has 2 heterocycles. The third kappa shape index (κ3) is 3.89. The van der Waals surface area contributed by atoms with Crippen LogP contribution in [0.25, 0.3) is 10.2 Å². The average molecular weight is 465 g/mol. The van der Waals surface area contributed by atoms with Gasteiger partial charge in [0.25, 0.3) is 5.56 Å². The Labute approximate surface area is 181 Å². The lowest BCUT2D eigenvalue weighted by atomic mass is 10.2. The van der Waals surface area contributed by atoms with E-state index in [1.54, 1.807) is 31.4 Å². The fourth-order valence-corrected chi connectivity index (χ4v) is 6.15. The molecule has 0 radical (unpaired) electrons. The molecular formula is C19H20N4O4S3. The van der Waals surface area contributed by atoms with Gasteiger partial charge in [-0.25, -0.2) is 18.5 Å². The van der Waals surface area contributed by atoms with E-state index in [2.05, 4.69) is 10.3 Å². The van der Waals surface area contributed by atoms with Gasteiger partial charge in [0.05, 0.1) is 15.5 Å². The van der Waals surface area contributed by atoms with Gasteiger partial charge in [-0.05, 0) is 49.9 Å². The average Bonchev–Trinajstić information content (AvgIpc) is 3.26. The molecule has 158 valence electrons. The highest BCUT2D eigenvalue weighted by Gasteiger charge is 2.24. The fraction of sp³-hybridized carbons (Fsp3) is 0.316. The Hall–Kier alpha value is -2.21. The van der Waals surface area contributed by atoms with Crippen molar-refractivity contribution in [3.05, 3.63) is 45.1 Å². The van der Waals surface area contributed by atoms with E-state index in [-0.39, 0.29) is 16.4 Å². The maximum Gasteiger partial charge on any atom is 0.262 e. The number of benzene rings is 1. The van der Waals surface area contributed by atoms with Crippen molar-refractivity contribution in [3.8, 4) is 0 Å². The Morgan fingerprint density at radius 3 is 2.87 bits per heavy atom. The van der Waals surface area contributed by atoms with E-state index in [9.17, 15) is 18.0 Å². The van der Waals surface area contributed by atoms with Gasteiger partial charge in [-0.2, -0.15) is 0 Å². The molecule has 3 N–H and O–H groups in total. The summed E-state index contributed by atoms with van der Waals surface area (Å²) < 4.78 is 24.5. The first-order chi connectivity index (χ1) is 14.1. The molecule has 0 bridgehead atoms. The number of fused-ring (bicyclic) bond motifs is 3. The molecule has 0 saturated heterocycles. The summed E-state index contributed by atoms with van der Waals surface area (Å²) in [7, 11) is -2.20. The number of carbonyl (C=O) groups excluding carboxylic acids is 1. The third-order valence-electron chi connectivity index (χ3n) is 4.99. The molecule has 0 spiro atoms. The van der Waals surface area contributed by atoms with Crippen molar-refractivity contribution in [2.45, 2.75) is 41.5 Å². The van der Waals surface area contributed by atoms with E-state index in [0.29, 0.717) is 16.2 Å². The van der Waals surface area contributed by atoms with E-state index in [0.717, 1.165) is 29.7 Å². The lowest BCUT2D eigenvalue weighted by molar-refractivity contribution is -0.115. The molecule has 1 atom stereocenters. The number of thiophene rings is 1. The first-order valence-electron chi connectivity index (χ1n) is 9.27. The van der Waals surface area contributed by atoms with Gasteiger partial charge >= 0.3 is 0 Å². The molecule has 1 unspecified atom stereocenters. The van der Waals surface area contributed by atoms with Gasteiger partial charge in [0.2, 0.25) is 15.9 Å². The summed E-state index contributed by atoms with van der Waals surface area (Å²) in [6.07, 6.45) is 2.97. The van der Waals surface area contributed by atoms with Crippen LogP contribution in [0.1, 0.15) is 23.8 Å². The zero-order valence-corrected chi connectivity index (χ0v) is 18.8. The van der Waals surface area contributed by atoms with Crippen LogP contribution in [0, 0.1) is 0 Å². The highest BCUT2D eigenvalue weighted by Crippen LogP contribution is 2.35. The topological polar surface area (TPSA) is 124 Å². The first-order valence-corrected chi connectivity index (χ1v) is 12.5. The van der Waals surface area contributed by atoms with Gasteiger partial charge < -0.3 is 5.32 Å². The lowest BCUT2D eigenvalue weighted by Gasteiger charge is -2.14. The molecule has 0 aliphatic heterocycles. The smallest absolute Gasteiger partial charge is 0.262 e. The summed E-state index contributed by atoms with van der Waals surface area (Å²) in [5, 5.41) is 8.43. The van der Waals surface area contributed by atoms with Crippen molar-refractivity contribution in [2.24, 2.45) is 12.2 Å². The highest BCUT2D eigenvalue weighted by molar-refractivity contribution is 8.00. The van der Waals surface area contributed by atoms with Crippen LogP contribution in [0.2, 0.25) is 0 Å². The van der Waals surface area contributed by atoms with Gasteiger partial charge in [0.1, 0.15) is 4.83 Å². The molecule has 30 heavy (non-hydrogen) atoms. The fourth-order valence-electron chi connectivity index (χ4n) is 3.42. The van der Waals surface area contributed by atoms with Gasteiger partial charge in [-0.1, -0.05) is 17.8 Å². The van der Waals surface area contributed by atoms with Crippen LogP contribution in [0.4, 0.5) is 5.69 Å². The number of thioether (sulfide) groups is 1. The zero-order valence-electron chi connectivity index (χ0n) is 16.3. The number of rotatable bonds is 5. The second kappa shape index (κ2) is 7.80. The Morgan fingerprint density at radius 2 is 2.13 bits per heavy atom. The minimum atomic E-state index is -3.86. The summed E-state index contributed by atoms with van der Waals surface area (Å²) in [6, 6.07) is 5.74. The Kier molecular flexibility index (Phi) is 5.47. The van der Waals surface area contributed by atoms with Crippen LogP contribution in [-0.2, 0) is 34.7 Å². The molecule has 11 heteroatoms. The van der Waals surface area contributed by atoms with E-state index in [4.69, 9.17) is 5.14 Å². The van der Waals surface area contributed by atoms with E-state index < -0.39 is 15.3 Å².